The van der Waals surface area contributed by atoms with Crippen molar-refractivity contribution in [1.29, 1.82) is 5.26 Å². The van der Waals surface area contributed by atoms with E-state index in [4.69, 9.17) is 4.74 Å². The fourth-order valence-electron chi connectivity index (χ4n) is 3.93. The second-order valence-corrected chi connectivity index (χ2v) is 8.59. The Balaban J connectivity index is 1.37. The molecule has 0 saturated heterocycles. The molecule has 0 bridgehead atoms. The Bertz CT molecular complexity index is 911. The highest BCUT2D eigenvalue weighted by Crippen LogP contribution is 2.38. The van der Waals surface area contributed by atoms with E-state index in [1.807, 2.05) is 18.2 Å². The SMILES string of the molecule is COc1ccccc1CN(CCC(=O)Nc1sc2c(c1C#N)CCC2)C1CC1. The summed E-state index contributed by atoms with van der Waals surface area (Å²) in [6.45, 7) is 1.50. The number of thiophene rings is 1. The third-order valence-electron chi connectivity index (χ3n) is 5.54. The molecule has 1 aromatic heterocycles. The number of nitriles is 1. The van der Waals surface area contributed by atoms with E-state index < -0.39 is 0 Å². The van der Waals surface area contributed by atoms with Gasteiger partial charge in [-0.1, -0.05) is 18.2 Å². The maximum absolute atomic E-state index is 12.6. The number of hydrogen-bond donors (Lipinski definition) is 1. The number of para-hydroxylation sites is 1. The standard InChI is InChI=1S/C22H25N3O2S/c1-27-19-7-3-2-5-15(19)14-25(16-9-10-16)12-11-21(26)24-22-18(13-23)17-6-4-8-20(17)28-22/h2-3,5,7,16H,4,6,8-12,14H2,1H3,(H,24,26). The predicted octanol–water partition coefficient (Wildman–Crippen LogP) is 4.11. The largest absolute Gasteiger partial charge is 0.496 e. The molecule has 0 unspecified atom stereocenters. The Morgan fingerprint density at radius 3 is 2.93 bits per heavy atom. The molecule has 146 valence electrons. The first kappa shape index (κ1) is 19.0. The topological polar surface area (TPSA) is 65.4 Å². The zero-order valence-corrected chi connectivity index (χ0v) is 17.0. The second kappa shape index (κ2) is 8.34. The quantitative estimate of drug-likeness (QED) is 0.730. The molecule has 4 rings (SSSR count). The third kappa shape index (κ3) is 4.06. The van der Waals surface area contributed by atoms with Crippen molar-refractivity contribution in [2.75, 3.05) is 19.0 Å². The van der Waals surface area contributed by atoms with Crippen molar-refractivity contribution in [2.45, 2.75) is 51.1 Å². The van der Waals surface area contributed by atoms with Crippen LogP contribution in [0.4, 0.5) is 5.00 Å². The lowest BCUT2D eigenvalue weighted by Gasteiger charge is -2.22. The number of methoxy groups -OCH3 is 1. The van der Waals surface area contributed by atoms with E-state index in [0.29, 0.717) is 24.6 Å². The number of nitrogens with one attached hydrogen (secondary N) is 1. The van der Waals surface area contributed by atoms with Gasteiger partial charge >= 0.3 is 0 Å². The minimum atomic E-state index is -0.0119. The van der Waals surface area contributed by atoms with E-state index in [1.54, 1.807) is 18.4 Å². The molecule has 1 fully saturated rings. The zero-order valence-electron chi connectivity index (χ0n) is 16.2. The first-order chi connectivity index (χ1) is 13.7. The van der Waals surface area contributed by atoms with Crippen molar-refractivity contribution < 1.29 is 9.53 Å². The smallest absolute Gasteiger partial charge is 0.226 e. The number of carbonyl (C=O) groups is 1. The van der Waals surface area contributed by atoms with Gasteiger partial charge in [0, 0.05) is 36.0 Å². The molecule has 1 heterocycles. The molecule has 28 heavy (non-hydrogen) atoms. The van der Waals surface area contributed by atoms with Crippen LogP contribution in [0.25, 0.3) is 0 Å². The number of rotatable bonds is 8. The van der Waals surface area contributed by atoms with Gasteiger partial charge in [0.25, 0.3) is 0 Å². The number of fused-ring (bicyclic) bond motifs is 1. The maximum Gasteiger partial charge on any atom is 0.226 e. The average molecular weight is 396 g/mol. The Morgan fingerprint density at radius 2 is 2.18 bits per heavy atom. The van der Waals surface area contributed by atoms with Crippen LogP contribution in [0.2, 0.25) is 0 Å². The second-order valence-electron chi connectivity index (χ2n) is 7.48. The lowest BCUT2D eigenvalue weighted by Crippen LogP contribution is -2.29. The number of nitrogens with zero attached hydrogens (tertiary/aromatic N) is 2. The zero-order chi connectivity index (χ0) is 19.5. The molecule has 2 aliphatic rings. The van der Waals surface area contributed by atoms with E-state index in [1.165, 1.54) is 17.7 Å². The summed E-state index contributed by atoms with van der Waals surface area (Å²) >= 11 is 1.58. The van der Waals surface area contributed by atoms with Gasteiger partial charge in [-0.2, -0.15) is 5.26 Å². The minimum Gasteiger partial charge on any atom is -0.496 e. The molecule has 0 radical (unpaired) electrons. The Morgan fingerprint density at radius 1 is 1.36 bits per heavy atom. The predicted molar refractivity (Wildman–Crippen MR) is 111 cm³/mol. The summed E-state index contributed by atoms with van der Waals surface area (Å²) in [4.78, 5) is 16.2. The van der Waals surface area contributed by atoms with Gasteiger partial charge in [-0.25, -0.2) is 0 Å². The molecule has 5 nitrogen and oxygen atoms in total. The van der Waals surface area contributed by atoms with Crippen LogP contribution >= 0.6 is 11.3 Å². The molecular weight excluding hydrogens is 370 g/mol. The number of ether oxygens (including phenoxy) is 1. The van der Waals surface area contributed by atoms with E-state index in [9.17, 15) is 10.1 Å². The number of hydrogen-bond acceptors (Lipinski definition) is 5. The molecule has 0 atom stereocenters. The summed E-state index contributed by atoms with van der Waals surface area (Å²) in [7, 11) is 1.69. The molecule has 1 saturated carbocycles. The van der Waals surface area contributed by atoms with Gasteiger partial charge in [0.2, 0.25) is 5.91 Å². The Labute approximate surface area is 169 Å². The highest BCUT2D eigenvalue weighted by atomic mass is 32.1. The van der Waals surface area contributed by atoms with Crippen molar-refractivity contribution in [3.8, 4) is 11.8 Å². The average Bonchev–Trinajstić information content (AvgIpc) is 3.36. The van der Waals surface area contributed by atoms with Crippen LogP contribution in [-0.4, -0.2) is 30.5 Å². The summed E-state index contributed by atoms with van der Waals surface area (Å²) in [6.07, 6.45) is 5.90. The van der Waals surface area contributed by atoms with Gasteiger partial charge in [-0.15, -0.1) is 11.3 Å². The number of amides is 1. The first-order valence-corrected chi connectivity index (χ1v) is 10.7. The molecule has 1 amide bonds. The van der Waals surface area contributed by atoms with Crippen molar-refractivity contribution in [2.24, 2.45) is 0 Å². The van der Waals surface area contributed by atoms with E-state index in [0.717, 1.165) is 47.7 Å². The van der Waals surface area contributed by atoms with Gasteiger partial charge in [-0.05, 0) is 43.7 Å². The van der Waals surface area contributed by atoms with E-state index in [-0.39, 0.29) is 5.91 Å². The molecule has 2 aliphatic carbocycles. The summed E-state index contributed by atoms with van der Waals surface area (Å²) < 4.78 is 5.47. The third-order valence-corrected chi connectivity index (χ3v) is 6.75. The maximum atomic E-state index is 12.6. The van der Waals surface area contributed by atoms with Crippen LogP contribution in [0, 0.1) is 11.3 Å². The Kier molecular flexibility index (Phi) is 5.65. The van der Waals surface area contributed by atoms with Gasteiger partial charge in [-0.3, -0.25) is 9.69 Å². The van der Waals surface area contributed by atoms with Crippen LogP contribution in [0.1, 0.15) is 47.3 Å². The number of aryl methyl sites for hydroxylation is 1. The summed E-state index contributed by atoms with van der Waals surface area (Å²) in [5.74, 6) is 0.881. The molecule has 1 aromatic carbocycles. The fourth-order valence-corrected chi connectivity index (χ4v) is 5.18. The van der Waals surface area contributed by atoms with Crippen molar-refractivity contribution in [3.63, 3.8) is 0 Å². The summed E-state index contributed by atoms with van der Waals surface area (Å²) in [6, 6.07) is 10.9. The van der Waals surface area contributed by atoms with Gasteiger partial charge in [0.1, 0.15) is 16.8 Å². The molecular formula is C22H25N3O2S. The van der Waals surface area contributed by atoms with Crippen molar-refractivity contribution >= 4 is 22.2 Å². The summed E-state index contributed by atoms with van der Waals surface area (Å²) in [5.41, 5.74) is 2.98. The van der Waals surface area contributed by atoms with Crippen molar-refractivity contribution in [1.82, 2.24) is 4.90 Å². The van der Waals surface area contributed by atoms with E-state index >= 15 is 0 Å². The molecule has 0 aliphatic heterocycles. The van der Waals surface area contributed by atoms with E-state index in [2.05, 4.69) is 22.4 Å². The first-order valence-electron chi connectivity index (χ1n) is 9.90. The van der Waals surface area contributed by atoms with Gasteiger partial charge < -0.3 is 10.1 Å². The summed E-state index contributed by atoms with van der Waals surface area (Å²) in [5, 5.41) is 13.2. The monoisotopic (exact) mass is 395 g/mol. The Hall–Kier alpha value is -2.36. The molecule has 6 heteroatoms. The lowest BCUT2D eigenvalue weighted by atomic mass is 10.1. The fraction of sp³-hybridized carbons (Fsp3) is 0.455. The number of carbonyl (C=O) groups excluding carboxylic acids is 1. The molecule has 1 N–H and O–H groups in total. The van der Waals surface area contributed by atoms with Gasteiger partial charge in [0.15, 0.2) is 0 Å². The van der Waals surface area contributed by atoms with Crippen LogP contribution in [0.15, 0.2) is 24.3 Å². The lowest BCUT2D eigenvalue weighted by molar-refractivity contribution is -0.116. The highest BCUT2D eigenvalue weighted by molar-refractivity contribution is 7.16. The normalized spacial score (nSPS) is 15.3. The van der Waals surface area contributed by atoms with Crippen LogP contribution < -0.4 is 10.1 Å². The number of benzene rings is 1. The molecule has 2 aromatic rings. The number of anilines is 1. The highest BCUT2D eigenvalue weighted by Gasteiger charge is 2.30. The van der Waals surface area contributed by atoms with Crippen molar-refractivity contribution in [3.05, 3.63) is 45.8 Å². The minimum absolute atomic E-state index is 0.0119. The molecule has 0 spiro atoms. The van der Waals surface area contributed by atoms with Crippen LogP contribution in [0.5, 0.6) is 5.75 Å². The van der Waals surface area contributed by atoms with Crippen LogP contribution in [-0.2, 0) is 24.2 Å². The van der Waals surface area contributed by atoms with Crippen LogP contribution in [0.3, 0.4) is 0 Å². The van der Waals surface area contributed by atoms with Gasteiger partial charge in [0.05, 0.1) is 12.7 Å².